The van der Waals surface area contributed by atoms with Gasteiger partial charge >= 0.3 is 0 Å². The van der Waals surface area contributed by atoms with Gasteiger partial charge in [0.05, 0.1) is 4.08 Å². The molecule has 1 saturated carbocycles. The van der Waals surface area contributed by atoms with E-state index in [9.17, 15) is 4.79 Å². The van der Waals surface area contributed by atoms with Crippen molar-refractivity contribution in [1.29, 1.82) is 0 Å². The van der Waals surface area contributed by atoms with Crippen LogP contribution in [0, 0.1) is 5.92 Å². The van der Waals surface area contributed by atoms with Crippen molar-refractivity contribution in [2.75, 3.05) is 11.5 Å². The van der Waals surface area contributed by atoms with Gasteiger partial charge < -0.3 is 0 Å². The Morgan fingerprint density at radius 1 is 1.12 bits per heavy atom. The molecular formula is C14H24OS2. The minimum atomic E-state index is 0.322. The molecule has 0 unspecified atom stereocenters. The quantitative estimate of drug-likeness (QED) is 0.750. The van der Waals surface area contributed by atoms with E-state index in [4.69, 9.17) is 0 Å². The fraction of sp³-hybridized carbons (Fsp3) is 0.929. The van der Waals surface area contributed by atoms with Crippen molar-refractivity contribution in [1.82, 2.24) is 0 Å². The molecule has 2 fully saturated rings. The van der Waals surface area contributed by atoms with Crippen LogP contribution < -0.4 is 0 Å². The van der Waals surface area contributed by atoms with Gasteiger partial charge in [0.1, 0.15) is 5.78 Å². The lowest BCUT2D eigenvalue weighted by molar-refractivity contribution is -0.123. The van der Waals surface area contributed by atoms with Crippen LogP contribution >= 0.6 is 23.5 Å². The Hall–Kier alpha value is 0.370. The minimum Gasteiger partial charge on any atom is -0.299 e. The molecule has 0 radical (unpaired) electrons. The highest BCUT2D eigenvalue weighted by atomic mass is 32.2. The second kappa shape index (κ2) is 6.51. The molecule has 1 aliphatic heterocycles. The number of carbonyl (C=O) groups is 1. The third kappa shape index (κ3) is 4.20. The van der Waals surface area contributed by atoms with Gasteiger partial charge in [0.25, 0.3) is 0 Å². The van der Waals surface area contributed by atoms with Crippen molar-refractivity contribution in [3.63, 3.8) is 0 Å². The maximum atomic E-state index is 12.2. The lowest BCUT2D eigenvalue weighted by Gasteiger charge is -2.32. The number of ketones is 1. The zero-order valence-electron chi connectivity index (χ0n) is 10.9. The lowest BCUT2D eigenvalue weighted by atomic mass is 9.85. The molecule has 0 aromatic carbocycles. The highest BCUT2D eigenvalue weighted by Gasteiger charge is 2.30. The standard InChI is InChI=1S/C14H24OS2/c1-14(16-10-5-11-17-14)9-8-13(15)12-6-3-2-4-7-12/h12H,2-11H2,1H3. The summed E-state index contributed by atoms with van der Waals surface area (Å²) in [4.78, 5) is 12.2. The Bertz CT molecular complexity index is 253. The summed E-state index contributed by atoms with van der Waals surface area (Å²) in [5, 5.41) is 0. The molecule has 0 aromatic heterocycles. The van der Waals surface area contributed by atoms with Gasteiger partial charge in [-0.1, -0.05) is 19.3 Å². The number of thioether (sulfide) groups is 2. The van der Waals surface area contributed by atoms with E-state index in [1.807, 2.05) is 0 Å². The molecule has 0 aromatic rings. The summed E-state index contributed by atoms with van der Waals surface area (Å²) >= 11 is 4.13. The fourth-order valence-electron chi connectivity index (χ4n) is 2.80. The van der Waals surface area contributed by atoms with Crippen LogP contribution in [0.1, 0.15) is 58.3 Å². The number of rotatable bonds is 4. The average molecular weight is 272 g/mol. The van der Waals surface area contributed by atoms with Crippen molar-refractivity contribution in [3.8, 4) is 0 Å². The predicted octanol–water partition coefficient (Wildman–Crippen LogP) is 4.50. The summed E-state index contributed by atoms with van der Waals surface area (Å²) in [5.41, 5.74) is 0. The summed E-state index contributed by atoms with van der Waals surface area (Å²) in [6, 6.07) is 0. The predicted molar refractivity (Wildman–Crippen MR) is 78.8 cm³/mol. The largest absolute Gasteiger partial charge is 0.299 e. The monoisotopic (exact) mass is 272 g/mol. The second-order valence-electron chi connectivity index (χ2n) is 5.49. The smallest absolute Gasteiger partial charge is 0.136 e. The molecule has 0 amide bonds. The van der Waals surface area contributed by atoms with Gasteiger partial charge in [-0.3, -0.25) is 4.79 Å². The van der Waals surface area contributed by atoms with Crippen molar-refractivity contribution >= 4 is 29.3 Å². The molecule has 1 nitrogen and oxygen atoms in total. The average Bonchev–Trinajstić information content (AvgIpc) is 2.38. The van der Waals surface area contributed by atoms with Crippen LogP contribution in [0.15, 0.2) is 0 Å². The van der Waals surface area contributed by atoms with E-state index < -0.39 is 0 Å². The van der Waals surface area contributed by atoms with Crippen molar-refractivity contribution in [2.24, 2.45) is 5.92 Å². The van der Waals surface area contributed by atoms with Crippen LogP contribution in [0.2, 0.25) is 0 Å². The first-order chi connectivity index (χ1) is 8.20. The molecule has 2 aliphatic rings. The number of Topliss-reactive ketones (excluding diaryl/α,β-unsaturated/α-hetero) is 1. The maximum absolute atomic E-state index is 12.2. The fourth-order valence-corrected chi connectivity index (χ4v) is 5.75. The molecule has 1 heterocycles. The van der Waals surface area contributed by atoms with E-state index in [2.05, 4.69) is 30.4 Å². The third-order valence-electron chi connectivity index (χ3n) is 3.99. The molecule has 0 spiro atoms. The molecule has 1 saturated heterocycles. The van der Waals surface area contributed by atoms with Gasteiger partial charge in [-0.2, -0.15) is 0 Å². The molecule has 0 atom stereocenters. The van der Waals surface area contributed by atoms with E-state index in [1.165, 1.54) is 37.2 Å². The summed E-state index contributed by atoms with van der Waals surface area (Å²) < 4.78 is 0.322. The summed E-state index contributed by atoms with van der Waals surface area (Å²) in [7, 11) is 0. The first-order valence-electron chi connectivity index (χ1n) is 7.00. The Balaban J connectivity index is 1.74. The number of carbonyl (C=O) groups excluding carboxylic acids is 1. The van der Waals surface area contributed by atoms with E-state index in [0.717, 1.165) is 25.7 Å². The first-order valence-corrected chi connectivity index (χ1v) is 8.97. The Kier molecular flexibility index (Phi) is 5.28. The van der Waals surface area contributed by atoms with Crippen LogP contribution in [-0.2, 0) is 4.79 Å². The second-order valence-corrected chi connectivity index (χ2v) is 8.94. The molecule has 98 valence electrons. The Morgan fingerprint density at radius 2 is 1.76 bits per heavy atom. The SMILES string of the molecule is CC1(CCC(=O)C2CCCCC2)SCCCS1. The third-order valence-corrected chi connectivity index (χ3v) is 7.31. The van der Waals surface area contributed by atoms with E-state index in [-0.39, 0.29) is 0 Å². The number of hydrogen-bond donors (Lipinski definition) is 0. The highest BCUT2D eigenvalue weighted by molar-refractivity contribution is 8.18. The molecule has 0 bridgehead atoms. The minimum absolute atomic E-state index is 0.322. The van der Waals surface area contributed by atoms with Gasteiger partial charge in [-0.15, -0.1) is 23.5 Å². The molecule has 0 N–H and O–H groups in total. The lowest BCUT2D eigenvalue weighted by Crippen LogP contribution is -2.24. The highest BCUT2D eigenvalue weighted by Crippen LogP contribution is 2.45. The van der Waals surface area contributed by atoms with Gasteiger partial charge in [0.15, 0.2) is 0 Å². The van der Waals surface area contributed by atoms with Crippen LogP contribution in [0.4, 0.5) is 0 Å². The normalized spacial score (nSPS) is 25.7. The zero-order chi connectivity index (χ0) is 12.1. The Labute approximate surface area is 114 Å². The topological polar surface area (TPSA) is 17.1 Å². The molecular weight excluding hydrogens is 248 g/mol. The summed E-state index contributed by atoms with van der Waals surface area (Å²) in [5.74, 6) is 3.52. The van der Waals surface area contributed by atoms with Crippen LogP contribution in [0.25, 0.3) is 0 Å². The number of hydrogen-bond acceptors (Lipinski definition) is 3. The Morgan fingerprint density at radius 3 is 2.41 bits per heavy atom. The molecule has 3 heteroatoms. The van der Waals surface area contributed by atoms with Crippen molar-refractivity contribution in [3.05, 3.63) is 0 Å². The van der Waals surface area contributed by atoms with Gasteiger partial charge in [-0.05, 0) is 44.1 Å². The van der Waals surface area contributed by atoms with Crippen LogP contribution in [-0.4, -0.2) is 21.4 Å². The van der Waals surface area contributed by atoms with E-state index in [1.54, 1.807) is 0 Å². The van der Waals surface area contributed by atoms with E-state index >= 15 is 0 Å². The van der Waals surface area contributed by atoms with Gasteiger partial charge in [-0.25, -0.2) is 0 Å². The first kappa shape index (κ1) is 13.8. The summed E-state index contributed by atoms with van der Waals surface area (Å²) in [6.07, 6.45) is 9.45. The molecule has 2 rings (SSSR count). The van der Waals surface area contributed by atoms with Gasteiger partial charge in [0, 0.05) is 12.3 Å². The maximum Gasteiger partial charge on any atom is 0.136 e. The van der Waals surface area contributed by atoms with Crippen LogP contribution in [0.3, 0.4) is 0 Å². The summed E-state index contributed by atoms with van der Waals surface area (Å²) in [6.45, 7) is 2.33. The van der Waals surface area contributed by atoms with Gasteiger partial charge in [0.2, 0.25) is 0 Å². The zero-order valence-corrected chi connectivity index (χ0v) is 12.5. The van der Waals surface area contributed by atoms with Crippen LogP contribution in [0.5, 0.6) is 0 Å². The van der Waals surface area contributed by atoms with E-state index in [0.29, 0.717) is 15.8 Å². The molecule has 17 heavy (non-hydrogen) atoms. The molecule has 1 aliphatic carbocycles. The van der Waals surface area contributed by atoms with Crippen molar-refractivity contribution in [2.45, 2.75) is 62.4 Å². The van der Waals surface area contributed by atoms with Crippen molar-refractivity contribution < 1.29 is 4.79 Å².